The van der Waals surface area contributed by atoms with Gasteiger partial charge in [0.1, 0.15) is 5.75 Å². The molecule has 1 aromatic carbocycles. The monoisotopic (exact) mass is 272 g/mol. The number of phenolic OH excluding ortho intramolecular Hbond substituents is 1. The Balaban J connectivity index is 3.21. The molecule has 0 aliphatic heterocycles. The number of carbonyl (C=O) groups is 1. The van der Waals surface area contributed by atoms with Gasteiger partial charge in [-0.05, 0) is 32.0 Å². The van der Waals surface area contributed by atoms with Crippen molar-refractivity contribution in [3.8, 4) is 5.75 Å². The van der Waals surface area contributed by atoms with Crippen LogP contribution in [0.4, 0.5) is 0 Å². The molecular formula is C11H16N2O4S. The third-order valence-electron chi connectivity index (χ3n) is 2.31. The van der Waals surface area contributed by atoms with Gasteiger partial charge in [0.05, 0.1) is 11.4 Å². The molecule has 1 amide bonds. The van der Waals surface area contributed by atoms with Crippen LogP contribution in [0.5, 0.6) is 5.75 Å². The Hall–Kier alpha value is -1.60. The van der Waals surface area contributed by atoms with Crippen LogP contribution in [-0.4, -0.2) is 36.3 Å². The minimum Gasteiger partial charge on any atom is -0.508 e. The number of amides is 1. The topological polar surface area (TPSA) is 101 Å². The Kier molecular flexibility index (Phi) is 4.31. The Labute approximate surface area is 106 Å². The van der Waals surface area contributed by atoms with Gasteiger partial charge in [-0.2, -0.15) is 4.31 Å². The van der Waals surface area contributed by atoms with Gasteiger partial charge in [-0.3, -0.25) is 4.79 Å². The summed E-state index contributed by atoms with van der Waals surface area (Å²) in [4.78, 5) is 10.9. The van der Waals surface area contributed by atoms with Crippen LogP contribution in [-0.2, 0) is 14.8 Å². The summed E-state index contributed by atoms with van der Waals surface area (Å²) in [5.41, 5.74) is 5.04. The molecule has 0 fully saturated rings. The Morgan fingerprint density at radius 1 is 1.44 bits per heavy atom. The predicted molar refractivity (Wildman–Crippen MR) is 66.3 cm³/mol. The molecule has 0 unspecified atom stereocenters. The van der Waals surface area contributed by atoms with E-state index in [4.69, 9.17) is 5.73 Å². The first-order valence-electron chi connectivity index (χ1n) is 5.34. The Morgan fingerprint density at radius 3 is 2.50 bits per heavy atom. The third kappa shape index (κ3) is 3.21. The van der Waals surface area contributed by atoms with Gasteiger partial charge >= 0.3 is 0 Å². The van der Waals surface area contributed by atoms with Gasteiger partial charge in [0.25, 0.3) is 0 Å². The summed E-state index contributed by atoms with van der Waals surface area (Å²) in [6, 6.07) is 4.86. The number of phenols is 1. The quantitative estimate of drug-likeness (QED) is 0.803. The first-order chi connectivity index (χ1) is 8.25. The number of hydrogen-bond acceptors (Lipinski definition) is 4. The fourth-order valence-corrected chi connectivity index (χ4v) is 3.12. The molecule has 0 heterocycles. The molecule has 0 atom stereocenters. The van der Waals surface area contributed by atoms with E-state index in [0.717, 1.165) is 10.4 Å². The molecule has 0 aromatic heterocycles. The molecule has 100 valence electrons. The number of aromatic hydroxyl groups is 1. The number of rotatable bonds is 5. The second-order valence-electron chi connectivity index (χ2n) is 4.11. The van der Waals surface area contributed by atoms with E-state index in [0.29, 0.717) is 0 Å². The zero-order valence-corrected chi connectivity index (χ0v) is 11.0. The lowest BCUT2D eigenvalue weighted by atomic mass is 10.3. The smallest absolute Gasteiger partial charge is 0.243 e. The third-order valence-corrected chi connectivity index (χ3v) is 4.33. The number of hydrogen-bond donors (Lipinski definition) is 2. The minimum absolute atomic E-state index is 0.0718. The van der Waals surface area contributed by atoms with Crippen molar-refractivity contribution in [2.75, 3.05) is 6.54 Å². The normalized spacial score (nSPS) is 12.0. The highest BCUT2D eigenvalue weighted by molar-refractivity contribution is 7.89. The molecule has 0 saturated heterocycles. The largest absolute Gasteiger partial charge is 0.508 e. The molecule has 18 heavy (non-hydrogen) atoms. The van der Waals surface area contributed by atoms with E-state index in [1.165, 1.54) is 18.2 Å². The summed E-state index contributed by atoms with van der Waals surface area (Å²) in [5, 5.41) is 9.30. The zero-order valence-electron chi connectivity index (χ0n) is 10.2. The molecule has 7 heteroatoms. The predicted octanol–water partition coefficient (Wildman–Crippen LogP) is 0.277. The average Bonchev–Trinajstić information content (AvgIpc) is 2.25. The molecule has 0 spiro atoms. The zero-order chi connectivity index (χ0) is 13.9. The van der Waals surface area contributed by atoms with E-state index >= 15 is 0 Å². The maximum Gasteiger partial charge on any atom is 0.243 e. The molecule has 0 aliphatic carbocycles. The van der Waals surface area contributed by atoms with E-state index in [2.05, 4.69) is 0 Å². The van der Waals surface area contributed by atoms with Gasteiger partial charge in [-0.15, -0.1) is 0 Å². The van der Waals surface area contributed by atoms with Crippen LogP contribution in [0.3, 0.4) is 0 Å². The first kappa shape index (κ1) is 14.5. The van der Waals surface area contributed by atoms with Crippen molar-refractivity contribution in [3.63, 3.8) is 0 Å². The number of primary amides is 1. The van der Waals surface area contributed by atoms with E-state index in [-0.39, 0.29) is 10.6 Å². The van der Waals surface area contributed by atoms with Crippen LogP contribution in [0.25, 0.3) is 0 Å². The van der Waals surface area contributed by atoms with Crippen molar-refractivity contribution < 1.29 is 18.3 Å². The first-order valence-corrected chi connectivity index (χ1v) is 6.78. The van der Waals surface area contributed by atoms with Crippen LogP contribution in [0, 0.1) is 0 Å². The van der Waals surface area contributed by atoms with Crippen LogP contribution in [0.1, 0.15) is 13.8 Å². The van der Waals surface area contributed by atoms with Crippen LogP contribution in [0.15, 0.2) is 29.2 Å². The lowest BCUT2D eigenvalue weighted by Gasteiger charge is -2.24. The minimum atomic E-state index is -3.85. The number of sulfonamides is 1. The summed E-state index contributed by atoms with van der Waals surface area (Å²) in [5.74, 6) is -0.883. The van der Waals surface area contributed by atoms with Crippen molar-refractivity contribution in [3.05, 3.63) is 24.3 Å². The van der Waals surface area contributed by atoms with Gasteiger partial charge in [0.2, 0.25) is 15.9 Å². The van der Waals surface area contributed by atoms with Crippen molar-refractivity contribution in [2.24, 2.45) is 5.73 Å². The maximum absolute atomic E-state index is 12.3. The molecule has 1 aromatic rings. The summed E-state index contributed by atoms with van der Waals surface area (Å²) < 4.78 is 25.5. The fraction of sp³-hybridized carbons (Fsp3) is 0.364. The van der Waals surface area contributed by atoms with Crippen molar-refractivity contribution in [1.29, 1.82) is 0 Å². The molecule has 0 aliphatic rings. The second-order valence-corrected chi connectivity index (χ2v) is 6.00. The number of nitrogens with two attached hydrogens (primary N) is 1. The second kappa shape index (κ2) is 5.36. The SMILES string of the molecule is CC(C)N(CC(N)=O)S(=O)(=O)c1cccc(O)c1. The number of nitrogens with zero attached hydrogens (tertiary/aromatic N) is 1. The summed E-state index contributed by atoms with van der Waals surface area (Å²) in [6.45, 7) is 2.89. The Morgan fingerprint density at radius 2 is 2.06 bits per heavy atom. The molecule has 0 bridgehead atoms. The molecule has 0 saturated carbocycles. The van der Waals surface area contributed by atoms with Gasteiger partial charge in [0.15, 0.2) is 0 Å². The standard InChI is InChI=1S/C11H16N2O4S/c1-8(2)13(7-11(12)15)18(16,17)10-5-3-4-9(14)6-10/h3-6,8,14H,7H2,1-2H3,(H2,12,15). The number of carbonyl (C=O) groups excluding carboxylic acids is 1. The van der Waals surface area contributed by atoms with Crippen molar-refractivity contribution in [2.45, 2.75) is 24.8 Å². The summed E-state index contributed by atoms with van der Waals surface area (Å²) >= 11 is 0. The molecule has 3 N–H and O–H groups in total. The highest BCUT2D eigenvalue weighted by Gasteiger charge is 2.28. The van der Waals surface area contributed by atoms with Crippen LogP contribution < -0.4 is 5.73 Å². The maximum atomic E-state index is 12.3. The lowest BCUT2D eigenvalue weighted by molar-refractivity contribution is -0.118. The fourth-order valence-electron chi connectivity index (χ4n) is 1.48. The molecule has 1 rings (SSSR count). The highest BCUT2D eigenvalue weighted by Crippen LogP contribution is 2.21. The summed E-state index contributed by atoms with van der Waals surface area (Å²) in [7, 11) is -3.85. The van der Waals surface area contributed by atoms with Crippen LogP contribution in [0.2, 0.25) is 0 Å². The lowest BCUT2D eigenvalue weighted by Crippen LogP contribution is -2.42. The molecule has 6 nitrogen and oxygen atoms in total. The van der Waals surface area contributed by atoms with Gasteiger partial charge < -0.3 is 10.8 Å². The highest BCUT2D eigenvalue weighted by atomic mass is 32.2. The molecule has 0 radical (unpaired) electrons. The van der Waals surface area contributed by atoms with E-state index in [9.17, 15) is 18.3 Å². The van der Waals surface area contributed by atoms with Gasteiger partial charge in [-0.1, -0.05) is 6.07 Å². The summed E-state index contributed by atoms with van der Waals surface area (Å²) in [6.07, 6.45) is 0. The van der Waals surface area contributed by atoms with Gasteiger partial charge in [-0.25, -0.2) is 8.42 Å². The van der Waals surface area contributed by atoms with Gasteiger partial charge in [0, 0.05) is 6.04 Å². The van der Waals surface area contributed by atoms with E-state index in [1.807, 2.05) is 0 Å². The van der Waals surface area contributed by atoms with Crippen LogP contribution >= 0.6 is 0 Å². The molecular weight excluding hydrogens is 256 g/mol. The van der Waals surface area contributed by atoms with Crippen molar-refractivity contribution in [1.82, 2.24) is 4.31 Å². The van der Waals surface area contributed by atoms with E-state index < -0.39 is 28.5 Å². The van der Waals surface area contributed by atoms with Crippen molar-refractivity contribution >= 4 is 15.9 Å². The Bertz CT molecular complexity index is 540. The van der Waals surface area contributed by atoms with E-state index in [1.54, 1.807) is 13.8 Å². The number of benzene rings is 1. The average molecular weight is 272 g/mol.